The number of furan rings is 3. The number of hydrogen-bond acceptors (Lipinski definition) is 6. The first-order valence-corrected chi connectivity index (χ1v) is 16.9. The van der Waals surface area contributed by atoms with Gasteiger partial charge >= 0.3 is 0 Å². The maximum absolute atomic E-state index is 6.64. The highest BCUT2D eigenvalue weighted by molar-refractivity contribution is 6.15. The Balaban J connectivity index is 1.12. The van der Waals surface area contributed by atoms with Crippen molar-refractivity contribution in [1.82, 2.24) is 15.0 Å². The van der Waals surface area contributed by atoms with E-state index >= 15 is 0 Å². The van der Waals surface area contributed by atoms with Crippen molar-refractivity contribution >= 4 is 65.8 Å². The second-order valence-electron chi connectivity index (χ2n) is 12.7. The Morgan fingerprint density at radius 1 is 0.314 bits per heavy atom. The van der Waals surface area contributed by atoms with Crippen molar-refractivity contribution < 1.29 is 13.3 Å². The van der Waals surface area contributed by atoms with Gasteiger partial charge in [0.2, 0.25) is 0 Å². The third kappa shape index (κ3) is 4.26. The highest BCUT2D eigenvalue weighted by Crippen LogP contribution is 2.41. The summed E-state index contributed by atoms with van der Waals surface area (Å²) in [6.07, 6.45) is 0. The molecule has 238 valence electrons. The maximum Gasteiger partial charge on any atom is 0.167 e. The SMILES string of the molecule is c1ccc(-c2nc(-c3cccc4c3oc3ccccc34)nc(-c3cccc4c3oc3ccc(-c5cccc6oc7ccccc7c56)cc34)n2)cc1. The predicted octanol–water partition coefficient (Wildman–Crippen LogP) is 12.2. The van der Waals surface area contributed by atoms with Gasteiger partial charge in [-0.25, -0.2) is 15.0 Å². The van der Waals surface area contributed by atoms with Crippen LogP contribution in [0.4, 0.5) is 0 Å². The monoisotopic (exact) mass is 655 g/mol. The van der Waals surface area contributed by atoms with Gasteiger partial charge in [0, 0.05) is 37.9 Å². The number of hydrogen-bond donors (Lipinski definition) is 0. The smallest absolute Gasteiger partial charge is 0.167 e. The molecule has 0 radical (unpaired) electrons. The summed E-state index contributed by atoms with van der Waals surface area (Å²) in [5, 5.41) is 6.26. The van der Waals surface area contributed by atoms with Crippen molar-refractivity contribution in [2.45, 2.75) is 0 Å². The van der Waals surface area contributed by atoms with Gasteiger partial charge < -0.3 is 13.3 Å². The molecule has 51 heavy (non-hydrogen) atoms. The number of rotatable bonds is 4. The standard InChI is InChI=1S/C45H25N3O3/c1-2-11-26(12-3-1)43-46-44(33-18-8-16-30-29-13-4-6-20-36(29)50-41(30)33)48-45(47-43)34-19-9-17-31-35-25-27(23-24-38(35)51-42(31)34)28-15-10-22-39-40(28)32-14-5-7-21-37(32)49-39/h1-25H. The Hall–Kier alpha value is -7.05. The minimum atomic E-state index is 0.520. The van der Waals surface area contributed by atoms with Crippen LogP contribution in [0.1, 0.15) is 0 Å². The first-order valence-electron chi connectivity index (χ1n) is 16.9. The highest BCUT2D eigenvalue weighted by atomic mass is 16.3. The summed E-state index contributed by atoms with van der Waals surface area (Å²) in [7, 11) is 0. The van der Waals surface area contributed by atoms with Crippen LogP contribution < -0.4 is 0 Å². The van der Waals surface area contributed by atoms with E-state index in [0.717, 1.165) is 93.6 Å². The van der Waals surface area contributed by atoms with E-state index in [4.69, 9.17) is 28.2 Å². The molecule has 0 aliphatic heterocycles. The molecule has 11 aromatic rings. The van der Waals surface area contributed by atoms with E-state index in [1.807, 2.05) is 103 Å². The first-order chi connectivity index (χ1) is 25.3. The Morgan fingerprint density at radius 2 is 0.843 bits per heavy atom. The van der Waals surface area contributed by atoms with Crippen LogP contribution in [0.2, 0.25) is 0 Å². The van der Waals surface area contributed by atoms with Gasteiger partial charge in [-0.15, -0.1) is 0 Å². The average Bonchev–Trinajstić information content (AvgIpc) is 3.89. The molecule has 0 aliphatic carbocycles. The normalized spacial score (nSPS) is 11.9. The van der Waals surface area contributed by atoms with Gasteiger partial charge in [0.05, 0.1) is 11.1 Å². The molecule has 4 heterocycles. The van der Waals surface area contributed by atoms with E-state index in [-0.39, 0.29) is 0 Å². The van der Waals surface area contributed by atoms with Crippen molar-refractivity contribution in [3.8, 4) is 45.3 Å². The molecule has 0 bridgehead atoms. The van der Waals surface area contributed by atoms with Crippen molar-refractivity contribution in [2.24, 2.45) is 0 Å². The Bertz CT molecular complexity index is 3150. The molecule has 11 rings (SSSR count). The van der Waals surface area contributed by atoms with Gasteiger partial charge in [0.25, 0.3) is 0 Å². The molecule has 0 atom stereocenters. The van der Waals surface area contributed by atoms with Crippen molar-refractivity contribution in [2.75, 3.05) is 0 Å². The van der Waals surface area contributed by atoms with Crippen molar-refractivity contribution in [3.05, 3.63) is 152 Å². The van der Waals surface area contributed by atoms with Gasteiger partial charge in [-0.2, -0.15) is 0 Å². The van der Waals surface area contributed by atoms with Gasteiger partial charge in [0.15, 0.2) is 17.5 Å². The summed E-state index contributed by atoms with van der Waals surface area (Å²) >= 11 is 0. The molecule has 6 nitrogen and oxygen atoms in total. The zero-order chi connectivity index (χ0) is 33.5. The second-order valence-corrected chi connectivity index (χ2v) is 12.7. The third-order valence-electron chi connectivity index (χ3n) is 9.76. The largest absolute Gasteiger partial charge is 0.456 e. The molecule has 0 saturated heterocycles. The van der Waals surface area contributed by atoms with Gasteiger partial charge in [-0.05, 0) is 53.6 Å². The number of aromatic nitrogens is 3. The lowest BCUT2D eigenvalue weighted by Gasteiger charge is -2.09. The molecular formula is C45H25N3O3. The lowest BCUT2D eigenvalue weighted by atomic mass is 9.97. The quantitative estimate of drug-likeness (QED) is 0.188. The summed E-state index contributed by atoms with van der Waals surface area (Å²) < 4.78 is 19.2. The maximum atomic E-state index is 6.64. The Kier molecular flexibility index (Phi) is 5.86. The summed E-state index contributed by atoms with van der Waals surface area (Å²) in [5.41, 5.74) is 9.48. The summed E-state index contributed by atoms with van der Waals surface area (Å²) in [6, 6.07) is 51.1. The highest BCUT2D eigenvalue weighted by Gasteiger charge is 2.21. The van der Waals surface area contributed by atoms with Crippen LogP contribution >= 0.6 is 0 Å². The van der Waals surface area contributed by atoms with Crippen molar-refractivity contribution in [3.63, 3.8) is 0 Å². The van der Waals surface area contributed by atoms with Crippen LogP contribution in [0.5, 0.6) is 0 Å². The van der Waals surface area contributed by atoms with E-state index in [0.29, 0.717) is 17.5 Å². The van der Waals surface area contributed by atoms with Gasteiger partial charge in [-0.3, -0.25) is 0 Å². The molecule has 0 fully saturated rings. The van der Waals surface area contributed by atoms with Crippen molar-refractivity contribution in [1.29, 1.82) is 0 Å². The molecule has 0 saturated carbocycles. The predicted molar refractivity (Wildman–Crippen MR) is 203 cm³/mol. The average molecular weight is 656 g/mol. The van der Waals surface area contributed by atoms with E-state index < -0.39 is 0 Å². The zero-order valence-corrected chi connectivity index (χ0v) is 27.0. The van der Waals surface area contributed by atoms with Gasteiger partial charge in [-0.1, -0.05) is 109 Å². The molecule has 0 spiro atoms. The molecule has 0 unspecified atom stereocenters. The van der Waals surface area contributed by atoms with Gasteiger partial charge in [0.1, 0.15) is 33.5 Å². The van der Waals surface area contributed by atoms with Crippen LogP contribution in [0.3, 0.4) is 0 Å². The third-order valence-corrected chi connectivity index (χ3v) is 9.76. The Morgan fingerprint density at radius 3 is 1.59 bits per heavy atom. The topological polar surface area (TPSA) is 78.1 Å². The van der Waals surface area contributed by atoms with Crippen LogP contribution in [-0.4, -0.2) is 15.0 Å². The summed E-state index contributed by atoms with van der Waals surface area (Å²) in [5.74, 6) is 1.62. The first kappa shape index (κ1) is 27.9. The number of nitrogens with zero attached hydrogens (tertiary/aromatic N) is 3. The molecule has 0 amide bonds. The van der Waals surface area contributed by atoms with E-state index in [1.54, 1.807) is 0 Å². The lowest BCUT2D eigenvalue weighted by Crippen LogP contribution is -2.00. The van der Waals surface area contributed by atoms with Crippen LogP contribution in [0.15, 0.2) is 165 Å². The Labute approximate surface area is 290 Å². The number of benzene rings is 7. The molecule has 0 N–H and O–H groups in total. The summed E-state index contributed by atoms with van der Waals surface area (Å²) in [6.45, 7) is 0. The zero-order valence-electron chi connectivity index (χ0n) is 27.0. The molecule has 7 aromatic carbocycles. The fourth-order valence-electron chi connectivity index (χ4n) is 7.41. The fourth-order valence-corrected chi connectivity index (χ4v) is 7.41. The fraction of sp³-hybridized carbons (Fsp3) is 0. The second kappa shape index (κ2) is 10.7. The van der Waals surface area contributed by atoms with E-state index in [1.165, 1.54) is 0 Å². The van der Waals surface area contributed by atoms with E-state index in [2.05, 4.69) is 48.5 Å². The van der Waals surface area contributed by atoms with Crippen LogP contribution in [0, 0.1) is 0 Å². The molecular weight excluding hydrogens is 631 g/mol. The molecule has 4 aromatic heterocycles. The van der Waals surface area contributed by atoms with E-state index in [9.17, 15) is 0 Å². The van der Waals surface area contributed by atoms with Crippen LogP contribution in [0.25, 0.3) is 111 Å². The number of fused-ring (bicyclic) bond motifs is 9. The number of para-hydroxylation sites is 4. The molecule has 0 aliphatic rings. The molecule has 6 heteroatoms. The minimum absolute atomic E-state index is 0.520. The minimum Gasteiger partial charge on any atom is -0.456 e. The summed E-state index contributed by atoms with van der Waals surface area (Å²) in [4.78, 5) is 15.2. The van der Waals surface area contributed by atoms with Crippen LogP contribution in [-0.2, 0) is 0 Å². The lowest BCUT2D eigenvalue weighted by molar-refractivity contribution is 0.668.